The van der Waals surface area contributed by atoms with Crippen LogP contribution in [0.2, 0.25) is 0 Å². The van der Waals surface area contributed by atoms with E-state index in [1.54, 1.807) is 0 Å². The van der Waals surface area contributed by atoms with Crippen LogP contribution in [-0.2, 0) is 12.8 Å². The minimum atomic E-state index is 0.143. The Morgan fingerprint density at radius 2 is 2.36 bits per heavy atom. The van der Waals surface area contributed by atoms with Crippen molar-refractivity contribution in [2.45, 2.75) is 45.1 Å². The van der Waals surface area contributed by atoms with Crippen molar-refractivity contribution >= 4 is 0 Å². The number of nitrogens with two attached hydrogens (primary N) is 1. The van der Waals surface area contributed by atoms with E-state index in [0.717, 1.165) is 24.6 Å². The van der Waals surface area contributed by atoms with Crippen LogP contribution in [0.3, 0.4) is 0 Å². The number of hydrogen-bond acceptors (Lipinski definition) is 4. The standard InChI is InChI=1S/C10H17N3O/c1-2-8(11)6-10-12-9(13-14-10)5-7-3-4-7/h7-8H,2-6,11H2,1H3. The van der Waals surface area contributed by atoms with Crippen LogP contribution in [0.25, 0.3) is 0 Å². The topological polar surface area (TPSA) is 64.9 Å². The molecule has 1 unspecified atom stereocenters. The van der Waals surface area contributed by atoms with E-state index in [0.29, 0.717) is 12.3 Å². The summed E-state index contributed by atoms with van der Waals surface area (Å²) in [7, 11) is 0. The summed E-state index contributed by atoms with van der Waals surface area (Å²) >= 11 is 0. The third-order valence-corrected chi connectivity index (χ3v) is 2.64. The lowest BCUT2D eigenvalue weighted by atomic mass is 10.2. The molecule has 78 valence electrons. The zero-order valence-electron chi connectivity index (χ0n) is 8.57. The second-order valence-corrected chi connectivity index (χ2v) is 4.12. The SMILES string of the molecule is CCC(N)Cc1nc(CC2CC2)no1. The van der Waals surface area contributed by atoms with Gasteiger partial charge in [0.1, 0.15) is 0 Å². The van der Waals surface area contributed by atoms with Crippen LogP contribution in [0.15, 0.2) is 4.52 Å². The highest BCUT2D eigenvalue weighted by Gasteiger charge is 2.24. The molecule has 2 rings (SSSR count). The van der Waals surface area contributed by atoms with E-state index in [1.165, 1.54) is 12.8 Å². The van der Waals surface area contributed by atoms with Gasteiger partial charge in [-0.2, -0.15) is 4.98 Å². The molecule has 0 amide bonds. The Bertz CT molecular complexity index is 293. The highest BCUT2D eigenvalue weighted by Crippen LogP contribution is 2.31. The molecular weight excluding hydrogens is 178 g/mol. The highest BCUT2D eigenvalue weighted by molar-refractivity contribution is 4.93. The molecule has 1 aliphatic carbocycles. The van der Waals surface area contributed by atoms with Gasteiger partial charge in [0, 0.05) is 18.9 Å². The number of aromatic nitrogens is 2. The lowest BCUT2D eigenvalue weighted by molar-refractivity contribution is 0.362. The molecule has 1 aromatic rings. The number of nitrogens with zero attached hydrogens (tertiary/aromatic N) is 2. The normalized spacial score (nSPS) is 18.4. The number of rotatable bonds is 5. The highest BCUT2D eigenvalue weighted by atomic mass is 16.5. The van der Waals surface area contributed by atoms with E-state index in [9.17, 15) is 0 Å². The monoisotopic (exact) mass is 195 g/mol. The smallest absolute Gasteiger partial charge is 0.228 e. The first-order chi connectivity index (χ1) is 6.78. The Morgan fingerprint density at radius 3 is 3.00 bits per heavy atom. The lowest BCUT2D eigenvalue weighted by Crippen LogP contribution is -2.21. The Hall–Kier alpha value is -0.900. The molecule has 1 atom stereocenters. The van der Waals surface area contributed by atoms with Gasteiger partial charge in [0.05, 0.1) is 0 Å². The Balaban J connectivity index is 1.88. The fourth-order valence-corrected chi connectivity index (χ4v) is 1.40. The lowest BCUT2D eigenvalue weighted by Gasteiger charge is -2.02. The van der Waals surface area contributed by atoms with Crippen molar-refractivity contribution in [2.75, 3.05) is 0 Å². The first-order valence-electron chi connectivity index (χ1n) is 5.35. The Kier molecular flexibility index (Phi) is 2.82. The van der Waals surface area contributed by atoms with Crippen LogP contribution in [0, 0.1) is 5.92 Å². The van der Waals surface area contributed by atoms with Crippen molar-refractivity contribution in [1.82, 2.24) is 10.1 Å². The Labute approximate surface area is 83.9 Å². The summed E-state index contributed by atoms with van der Waals surface area (Å²) in [4.78, 5) is 4.32. The summed E-state index contributed by atoms with van der Waals surface area (Å²) in [5.41, 5.74) is 5.80. The van der Waals surface area contributed by atoms with Gasteiger partial charge < -0.3 is 10.3 Å². The average Bonchev–Trinajstić information content (AvgIpc) is 2.87. The van der Waals surface area contributed by atoms with Crippen LogP contribution in [0.5, 0.6) is 0 Å². The molecule has 0 aliphatic heterocycles. The summed E-state index contributed by atoms with van der Waals surface area (Å²) in [5, 5.41) is 3.94. The van der Waals surface area contributed by atoms with Crippen molar-refractivity contribution in [3.63, 3.8) is 0 Å². The summed E-state index contributed by atoms with van der Waals surface area (Å²) < 4.78 is 5.12. The molecule has 4 nitrogen and oxygen atoms in total. The van der Waals surface area contributed by atoms with Gasteiger partial charge in [-0.25, -0.2) is 0 Å². The van der Waals surface area contributed by atoms with E-state index in [4.69, 9.17) is 10.3 Å². The van der Waals surface area contributed by atoms with E-state index in [1.807, 2.05) is 0 Å². The summed E-state index contributed by atoms with van der Waals surface area (Å²) in [6, 6.07) is 0.143. The minimum absolute atomic E-state index is 0.143. The second-order valence-electron chi connectivity index (χ2n) is 4.12. The first kappa shape index (κ1) is 9.65. The van der Waals surface area contributed by atoms with Crippen molar-refractivity contribution in [1.29, 1.82) is 0 Å². The zero-order chi connectivity index (χ0) is 9.97. The molecule has 0 bridgehead atoms. The molecule has 0 aromatic carbocycles. The molecule has 1 fully saturated rings. The van der Waals surface area contributed by atoms with Crippen molar-refractivity contribution < 1.29 is 4.52 Å². The van der Waals surface area contributed by atoms with E-state index < -0.39 is 0 Å². The molecule has 2 N–H and O–H groups in total. The van der Waals surface area contributed by atoms with Crippen LogP contribution in [0.1, 0.15) is 37.9 Å². The molecule has 1 heterocycles. The average molecular weight is 195 g/mol. The predicted octanol–water partition coefficient (Wildman–Crippen LogP) is 1.30. The van der Waals surface area contributed by atoms with Gasteiger partial charge in [0.2, 0.25) is 5.89 Å². The molecule has 1 saturated carbocycles. The van der Waals surface area contributed by atoms with Gasteiger partial charge in [-0.15, -0.1) is 0 Å². The third-order valence-electron chi connectivity index (χ3n) is 2.64. The number of hydrogen-bond donors (Lipinski definition) is 1. The van der Waals surface area contributed by atoms with Gasteiger partial charge in [-0.1, -0.05) is 12.1 Å². The third kappa shape index (κ3) is 2.54. The molecule has 4 heteroatoms. The van der Waals surface area contributed by atoms with Crippen molar-refractivity contribution in [3.8, 4) is 0 Å². The maximum absolute atomic E-state index is 5.80. The predicted molar refractivity (Wildman–Crippen MR) is 52.7 cm³/mol. The quantitative estimate of drug-likeness (QED) is 0.769. The maximum Gasteiger partial charge on any atom is 0.228 e. The van der Waals surface area contributed by atoms with Crippen molar-refractivity contribution in [3.05, 3.63) is 11.7 Å². The van der Waals surface area contributed by atoms with Crippen LogP contribution >= 0.6 is 0 Å². The zero-order valence-corrected chi connectivity index (χ0v) is 8.57. The fraction of sp³-hybridized carbons (Fsp3) is 0.800. The summed E-state index contributed by atoms with van der Waals surface area (Å²) in [6.07, 6.45) is 5.26. The van der Waals surface area contributed by atoms with Gasteiger partial charge in [0.25, 0.3) is 0 Å². The molecule has 1 aliphatic rings. The minimum Gasteiger partial charge on any atom is -0.339 e. The van der Waals surface area contributed by atoms with Crippen LogP contribution < -0.4 is 5.73 Å². The van der Waals surface area contributed by atoms with Gasteiger partial charge in [-0.05, 0) is 25.2 Å². The maximum atomic E-state index is 5.80. The second kappa shape index (κ2) is 4.09. The van der Waals surface area contributed by atoms with E-state index >= 15 is 0 Å². The molecule has 14 heavy (non-hydrogen) atoms. The van der Waals surface area contributed by atoms with E-state index in [2.05, 4.69) is 17.1 Å². The molecule has 0 spiro atoms. The van der Waals surface area contributed by atoms with Gasteiger partial charge in [0.15, 0.2) is 5.82 Å². The summed E-state index contributed by atoms with van der Waals surface area (Å²) in [5.74, 6) is 2.35. The first-order valence-corrected chi connectivity index (χ1v) is 5.35. The van der Waals surface area contributed by atoms with Gasteiger partial charge in [-0.3, -0.25) is 0 Å². The van der Waals surface area contributed by atoms with Crippen LogP contribution in [-0.4, -0.2) is 16.2 Å². The summed E-state index contributed by atoms with van der Waals surface area (Å²) in [6.45, 7) is 2.06. The largest absolute Gasteiger partial charge is 0.339 e. The molecule has 0 radical (unpaired) electrons. The Morgan fingerprint density at radius 1 is 1.57 bits per heavy atom. The molecule has 0 saturated heterocycles. The van der Waals surface area contributed by atoms with Crippen LogP contribution in [0.4, 0.5) is 0 Å². The van der Waals surface area contributed by atoms with Gasteiger partial charge >= 0.3 is 0 Å². The fourth-order valence-electron chi connectivity index (χ4n) is 1.40. The molecule has 1 aromatic heterocycles. The molecular formula is C10H17N3O. The van der Waals surface area contributed by atoms with Crippen molar-refractivity contribution in [2.24, 2.45) is 11.7 Å². The van der Waals surface area contributed by atoms with E-state index in [-0.39, 0.29) is 6.04 Å².